The minimum atomic E-state index is -3.60. The smallest absolute Gasteiger partial charge is 0.240 e. The quantitative estimate of drug-likeness (QED) is 0.735. The molecule has 1 heterocycles. The van der Waals surface area contributed by atoms with Gasteiger partial charge in [-0.2, -0.15) is 0 Å². The minimum absolute atomic E-state index is 0.0947. The maximum Gasteiger partial charge on any atom is 0.240 e. The zero-order valence-electron chi connectivity index (χ0n) is 14.0. The van der Waals surface area contributed by atoms with Gasteiger partial charge in [0.2, 0.25) is 10.0 Å². The van der Waals surface area contributed by atoms with E-state index in [1.165, 1.54) is 0 Å². The molecule has 0 aliphatic carbocycles. The Labute approximate surface area is 148 Å². The van der Waals surface area contributed by atoms with E-state index in [9.17, 15) is 16.8 Å². The number of hydrogen-bond acceptors (Lipinski definition) is 5. The van der Waals surface area contributed by atoms with Gasteiger partial charge in [-0.25, -0.2) is 21.6 Å². The Morgan fingerprint density at radius 1 is 1.08 bits per heavy atom. The summed E-state index contributed by atoms with van der Waals surface area (Å²) in [5.41, 5.74) is -0.479. The van der Waals surface area contributed by atoms with E-state index in [1.807, 2.05) is 31.2 Å². The highest BCUT2D eigenvalue weighted by Gasteiger charge is 2.37. The van der Waals surface area contributed by atoms with Gasteiger partial charge in [0.25, 0.3) is 0 Å². The third-order valence-electron chi connectivity index (χ3n) is 4.50. The average molecular weight is 383 g/mol. The highest BCUT2D eigenvalue weighted by atomic mass is 32.2. The monoisotopic (exact) mass is 382 g/mol. The molecule has 8 heteroatoms. The van der Waals surface area contributed by atoms with E-state index in [-0.39, 0.29) is 22.9 Å². The minimum Gasteiger partial charge on any atom is -0.309 e. The predicted molar refractivity (Wildman–Crippen MR) is 98.8 cm³/mol. The van der Waals surface area contributed by atoms with Crippen LogP contribution < -0.4 is 10.0 Å². The fraction of sp³-hybridized carbons (Fsp3) is 0.412. The molecule has 2 aromatic rings. The number of benzene rings is 2. The normalized spacial score (nSPS) is 23.1. The first kappa shape index (κ1) is 18.3. The first-order chi connectivity index (χ1) is 11.7. The molecule has 2 N–H and O–H groups in total. The molecule has 0 unspecified atom stereocenters. The van der Waals surface area contributed by atoms with Crippen molar-refractivity contribution in [3.63, 3.8) is 0 Å². The zero-order chi connectivity index (χ0) is 18.1. The fourth-order valence-corrected chi connectivity index (χ4v) is 6.31. The van der Waals surface area contributed by atoms with Crippen LogP contribution in [-0.2, 0) is 19.9 Å². The summed E-state index contributed by atoms with van der Waals surface area (Å²) in [7, 11) is -6.58. The molecule has 0 amide bonds. The van der Waals surface area contributed by atoms with Gasteiger partial charge in [-0.15, -0.1) is 0 Å². The van der Waals surface area contributed by atoms with Crippen LogP contribution in [0.4, 0.5) is 0 Å². The van der Waals surface area contributed by atoms with Crippen molar-refractivity contribution in [2.24, 2.45) is 0 Å². The lowest BCUT2D eigenvalue weighted by Gasteiger charge is -2.24. The lowest BCUT2D eigenvalue weighted by atomic mass is 10.0. The van der Waals surface area contributed by atoms with Gasteiger partial charge < -0.3 is 5.32 Å². The first-order valence-electron chi connectivity index (χ1n) is 8.13. The highest BCUT2D eigenvalue weighted by molar-refractivity contribution is 7.91. The lowest BCUT2D eigenvalue weighted by Crippen LogP contribution is -2.46. The van der Waals surface area contributed by atoms with E-state index in [0.717, 1.165) is 10.8 Å². The van der Waals surface area contributed by atoms with Crippen molar-refractivity contribution < 1.29 is 16.8 Å². The number of sulfonamides is 1. The van der Waals surface area contributed by atoms with E-state index in [4.69, 9.17) is 0 Å². The molecule has 0 aromatic heterocycles. The summed E-state index contributed by atoms with van der Waals surface area (Å²) in [4.78, 5) is 0.223. The van der Waals surface area contributed by atoms with E-state index >= 15 is 0 Å². The van der Waals surface area contributed by atoms with Gasteiger partial charge in [-0.1, -0.05) is 30.3 Å². The second-order valence-electron chi connectivity index (χ2n) is 6.74. The van der Waals surface area contributed by atoms with Gasteiger partial charge in [-0.05, 0) is 36.2 Å². The molecule has 1 aliphatic rings. The Balaban J connectivity index is 1.60. The van der Waals surface area contributed by atoms with Gasteiger partial charge in [0.1, 0.15) is 0 Å². The number of rotatable bonds is 6. The molecule has 1 atom stereocenters. The molecular weight excluding hydrogens is 360 g/mol. The summed E-state index contributed by atoms with van der Waals surface area (Å²) in [6.07, 6.45) is 0.548. The van der Waals surface area contributed by atoms with Crippen molar-refractivity contribution >= 4 is 30.6 Å². The summed E-state index contributed by atoms with van der Waals surface area (Å²) in [5, 5.41) is 5.01. The molecule has 0 bridgehead atoms. The fourth-order valence-electron chi connectivity index (χ4n) is 3.12. The van der Waals surface area contributed by atoms with Gasteiger partial charge in [0, 0.05) is 18.6 Å². The molecule has 2 aromatic carbocycles. The van der Waals surface area contributed by atoms with Crippen LogP contribution in [0, 0.1) is 0 Å². The first-order valence-corrected chi connectivity index (χ1v) is 11.4. The Morgan fingerprint density at radius 2 is 1.80 bits per heavy atom. The maximum atomic E-state index is 12.4. The van der Waals surface area contributed by atoms with Crippen LogP contribution >= 0.6 is 0 Å². The van der Waals surface area contributed by atoms with Crippen molar-refractivity contribution in [3.8, 4) is 0 Å². The summed E-state index contributed by atoms with van der Waals surface area (Å²) in [5.74, 6) is 0.275. The maximum absolute atomic E-state index is 12.4. The third-order valence-corrected chi connectivity index (χ3v) is 7.87. The van der Waals surface area contributed by atoms with Gasteiger partial charge >= 0.3 is 0 Å². The van der Waals surface area contributed by atoms with Crippen LogP contribution in [0.3, 0.4) is 0 Å². The third kappa shape index (κ3) is 4.38. The van der Waals surface area contributed by atoms with Crippen LogP contribution in [-0.4, -0.2) is 47.0 Å². The van der Waals surface area contributed by atoms with E-state index in [2.05, 4.69) is 10.0 Å². The van der Waals surface area contributed by atoms with Gasteiger partial charge in [-0.3, -0.25) is 0 Å². The molecule has 1 fully saturated rings. The van der Waals surface area contributed by atoms with Gasteiger partial charge in [0.15, 0.2) is 9.84 Å². The SMILES string of the molecule is C[C@]1(NCCNS(=O)(=O)c2ccc3ccccc3c2)CCS(=O)(=O)C1. The van der Waals surface area contributed by atoms with Crippen molar-refractivity contribution in [2.45, 2.75) is 23.8 Å². The zero-order valence-corrected chi connectivity index (χ0v) is 15.7. The molecule has 6 nitrogen and oxygen atoms in total. The molecule has 0 saturated carbocycles. The lowest BCUT2D eigenvalue weighted by molar-refractivity contribution is 0.400. The number of nitrogens with one attached hydrogen (secondary N) is 2. The van der Waals surface area contributed by atoms with Crippen molar-refractivity contribution in [1.29, 1.82) is 0 Å². The molecule has 3 rings (SSSR count). The van der Waals surface area contributed by atoms with Crippen molar-refractivity contribution in [2.75, 3.05) is 24.6 Å². The van der Waals surface area contributed by atoms with E-state index in [0.29, 0.717) is 13.0 Å². The topological polar surface area (TPSA) is 92.3 Å². The van der Waals surface area contributed by atoms with Crippen LogP contribution in [0.1, 0.15) is 13.3 Å². The summed E-state index contributed by atoms with van der Waals surface area (Å²) in [6.45, 7) is 2.43. The molecular formula is C17H22N2O4S2. The molecule has 0 radical (unpaired) electrons. The van der Waals surface area contributed by atoms with Crippen LogP contribution in [0.2, 0.25) is 0 Å². The summed E-state index contributed by atoms with van der Waals surface area (Å²) in [6, 6.07) is 12.6. The standard InChI is InChI=1S/C17H22N2O4S2/c1-17(8-11-24(20,21)13-17)18-9-10-19-25(22,23)16-7-6-14-4-2-3-5-15(14)12-16/h2-7,12,18-19H,8-11,13H2,1H3/t17-/m0/s1. The highest BCUT2D eigenvalue weighted by Crippen LogP contribution is 2.22. The Kier molecular flexibility index (Phi) is 4.89. The Bertz CT molecular complexity index is 987. The van der Waals surface area contributed by atoms with Crippen LogP contribution in [0.15, 0.2) is 47.4 Å². The summed E-state index contributed by atoms with van der Waals surface area (Å²) < 4.78 is 50.6. The van der Waals surface area contributed by atoms with Crippen molar-refractivity contribution in [1.82, 2.24) is 10.0 Å². The second kappa shape index (κ2) is 6.68. The van der Waals surface area contributed by atoms with E-state index in [1.54, 1.807) is 18.2 Å². The molecule has 0 spiro atoms. The second-order valence-corrected chi connectivity index (χ2v) is 10.7. The number of fused-ring (bicyclic) bond motifs is 1. The number of sulfone groups is 1. The molecule has 25 heavy (non-hydrogen) atoms. The Hall–Kier alpha value is -1.48. The van der Waals surface area contributed by atoms with Crippen LogP contribution in [0.25, 0.3) is 10.8 Å². The van der Waals surface area contributed by atoms with E-state index < -0.39 is 25.4 Å². The molecule has 136 valence electrons. The Morgan fingerprint density at radius 3 is 2.48 bits per heavy atom. The largest absolute Gasteiger partial charge is 0.309 e. The van der Waals surface area contributed by atoms with Gasteiger partial charge in [0.05, 0.1) is 16.4 Å². The summed E-state index contributed by atoms with van der Waals surface area (Å²) >= 11 is 0. The molecule has 1 saturated heterocycles. The van der Waals surface area contributed by atoms with Crippen LogP contribution in [0.5, 0.6) is 0 Å². The molecule has 1 aliphatic heterocycles. The predicted octanol–water partition coefficient (Wildman–Crippen LogP) is 1.28. The number of hydrogen-bond donors (Lipinski definition) is 2. The average Bonchev–Trinajstić information content (AvgIpc) is 2.85. The van der Waals surface area contributed by atoms with Crippen molar-refractivity contribution in [3.05, 3.63) is 42.5 Å².